The van der Waals surface area contributed by atoms with Crippen molar-refractivity contribution in [1.29, 1.82) is 0 Å². The molecule has 2 heterocycles. The number of nitrogens with zero attached hydrogens (tertiary/aromatic N) is 1. The minimum atomic E-state index is -3.17. The molecule has 0 saturated carbocycles. The molecule has 0 saturated heterocycles. The predicted octanol–water partition coefficient (Wildman–Crippen LogP) is 3.46. The van der Waals surface area contributed by atoms with E-state index in [-0.39, 0.29) is 17.4 Å². The third kappa shape index (κ3) is 3.33. The fraction of sp³-hybridized carbons (Fsp3) is 0.318. The van der Waals surface area contributed by atoms with Crippen molar-refractivity contribution >= 4 is 20.6 Å². The van der Waals surface area contributed by atoms with E-state index in [0.717, 1.165) is 46.2 Å². The number of rotatable bonds is 4. The topological polar surface area (TPSA) is 65.4 Å². The molecule has 1 aliphatic heterocycles. The van der Waals surface area contributed by atoms with Crippen LogP contribution in [0.4, 0.5) is 0 Å². The Hall–Kier alpha value is -2.60. The van der Waals surface area contributed by atoms with Crippen LogP contribution in [0, 0.1) is 0 Å². The largest absolute Gasteiger partial charge is 0.489 e. The summed E-state index contributed by atoms with van der Waals surface area (Å²) < 4.78 is 31.6. The van der Waals surface area contributed by atoms with E-state index in [1.165, 1.54) is 6.26 Å². The smallest absolute Gasteiger partial charge is 0.258 e. The third-order valence-electron chi connectivity index (χ3n) is 5.22. The molecule has 0 fully saturated rings. The predicted molar refractivity (Wildman–Crippen MR) is 112 cm³/mol. The van der Waals surface area contributed by atoms with Crippen molar-refractivity contribution in [3.63, 3.8) is 0 Å². The molecule has 0 amide bonds. The number of ether oxygens (including phenoxy) is 1. The van der Waals surface area contributed by atoms with Gasteiger partial charge in [-0.05, 0) is 35.1 Å². The Bertz CT molecular complexity index is 1240. The van der Waals surface area contributed by atoms with E-state index in [0.29, 0.717) is 5.39 Å². The number of hydrogen-bond donors (Lipinski definition) is 0. The monoisotopic (exact) mass is 397 g/mol. The minimum Gasteiger partial charge on any atom is -0.489 e. The molecule has 0 N–H and O–H groups in total. The van der Waals surface area contributed by atoms with Crippen LogP contribution in [0.5, 0.6) is 5.75 Å². The maximum Gasteiger partial charge on any atom is 0.258 e. The van der Waals surface area contributed by atoms with Gasteiger partial charge < -0.3 is 9.30 Å². The average Bonchev–Trinajstić information content (AvgIpc) is 3.06. The summed E-state index contributed by atoms with van der Waals surface area (Å²) in [4.78, 5) is 12.6. The van der Waals surface area contributed by atoms with Gasteiger partial charge in [0.15, 0.2) is 9.84 Å². The number of fused-ring (bicyclic) bond motifs is 2. The lowest BCUT2D eigenvalue weighted by Gasteiger charge is -2.15. The van der Waals surface area contributed by atoms with E-state index >= 15 is 0 Å². The molecule has 146 valence electrons. The van der Waals surface area contributed by atoms with Crippen LogP contribution in [0.2, 0.25) is 0 Å². The van der Waals surface area contributed by atoms with Crippen LogP contribution >= 0.6 is 0 Å². The Kier molecular flexibility index (Phi) is 4.54. The molecule has 1 atom stereocenters. The van der Waals surface area contributed by atoms with Gasteiger partial charge in [0.25, 0.3) is 5.56 Å². The van der Waals surface area contributed by atoms with Gasteiger partial charge >= 0.3 is 0 Å². The molecule has 1 aliphatic rings. The molecule has 0 aliphatic carbocycles. The molecule has 0 bridgehead atoms. The molecule has 0 radical (unpaired) electrons. The molecule has 0 spiro atoms. The fourth-order valence-corrected chi connectivity index (χ4v) is 4.72. The Morgan fingerprint density at radius 1 is 1.14 bits per heavy atom. The molecule has 4 rings (SSSR count). The fourth-order valence-electron chi connectivity index (χ4n) is 3.94. The highest BCUT2D eigenvalue weighted by molar-refractivity contribution is 7.89. The van der Waals surface area contributed by atoms with Crippen LogP contribution in [-0.2, 0) is 29.1 Å². The summed E-state index contributed by atoms with van der Waals surface area (Å²) in [6.45, 7) is 2.08. The maximum atomic E-state index is 12.6. The first-order valence-electron chi connectivity index (χ1n) is 9.35. The molecule has 3 aromatic rings. The number of benzene rings is 2. The molecular formula is C22H23NO4S. The van der Waals surface area contributed by atoms with Crippen molar-refractivity contribution in [3.05, 3.63) is 64.1 Å². The van der Waals surface area contributed by atoms with E-state index < -0.39 is 9.84 Å². The molecule has 2 aromatic carbocycles. The minimum absolute atomic E-state index is 0.0201. The molecular weight excluding hydrogens is 374 g/mol. The quantitative estimate of drug-likeness (QED) is 0.676. The number of sulfone groups is 1. The molecule has 28 heavy (non-hydrogen) atoms. The number of hydrogen-bond acceptors (Lipinski definition) is 4. The lowest BCUT2D eigenvalue weighted by Crippen LogP contribution is -2.16. The zero-order chi connectivity index (χ0) is 20.1. The SMILES string of the molecule is CCC1Cc2cc(CS(C)(=O)=O)cc(-c3cn(C)c(=O)c4ccccc34)c2O1. The molecule has 5 nitrogen and oxygen atoms in total. The summed E-state index contributed by atoms with van der Waals surface area (Å²) in [6, 6.07) is 11.3. The highest BCUT2D eigenvalue weighted by atomic mass is 32.2. The van der Waals surface area contributed by atoms with Crippen LogP contribution in [0.25, 0.3) is 21.9 Å². The number of aromatic nitrogens is 1. The Balaban J connectivity index is 2.02. The lowest BCUT2D eigenvalue weighted by molar-refractivity contribution is 0.229. The van der Waals surface area contributed by atoms with E-state index in [2.05, 4.69) is 6.92 Å². The van der Waals surface area contributed by atoms with Gasteiger partial charge in [0, 0.05) is 42.4 Å². The second-order valence-corrected chi connectivity index (χ2v) is 9.70. The summed E-state index contributed by atoms with van der Waals surface area (Å²) in [7, 11) is -1.44. The highest BCUT2D eigenvalue weighted by Gasteiger charge is 2.27. The highest BCUT2D eigenvalue weighted by Crippen LogP contribution is 2.42. The standard InChI is InChI=1S/C22H23NO4S/c1-4-16-11-15-9-14(13-28(3,25)26)10-19(21(15)27-16)20-12-23(2)22(24)18-8-6-5-7-17(18)20/h5-10,12,16H,4,11,13H2,1-3H3. The van der Waals surface area contributed by atoms with Gasteiger partial charge in [0.1, 0.15) is 11.9 Å². The lowest BCUT2D eigenvalue weighted by atomic mass is 9.95. The summed E-state index contributed by atoms with van der Waals surface area (Å²) in [5, 5.41) is 1.47. The normalized spacial score (nSPS) is 16.2. The van der Waals surface area contributed by atoms with Crippen molar-refractivity contribution in [1.82, 2.24) is 4.57 Å². The van der Waals surface area contributed by atoms with Crippen molar-refractivity contribution in [3.8, 4) is 16.9 Å². The first-order valence-corrected chi connectivity index (χ1v) is 11.4. The maximum absolute atomic E-state index is 12.6. The van der Waals surface area contributed by atoms with E-state index in [4.69, 9.17) is 4.74 Å². The van der Waals surface area contributed by atoms with Crippen LogP contribution in [0.3, 0.4) is 0 Å². The van der Waals surface area contributed by atoms with E-state index in [1.54, 1.807) is 11.6 Å². The Morgan fingerprint density at radius 2 is 1.86 bits per heavy atom. The second-order valence-electron chi connectivity index (χ2n) is 7.56. The Morgan fingerprint density at radius 3 is 2.54 bits per heavy atom. The first-order chi connectivity index (χ1) is 13.3. The van der Waals surface area contributed by atoms with Gasteiger partial charge in [-0.2, -0.15) is 0 Å². The van der Waals surface area contributed by atoms with Crippen LogP contribution in [-0.4, -0.2) is 25.3 Å². The zero-order valence-corrected chi connectivity index (χ0v) is 17.0. The van der Waals surface area contributed by atoms with Gasteiger partial charge in [-0.1, -0.05) is 31.2 Å². The third-order valence-corrected chi connectivity index (χ3v) is 6.08. The number of pyridine rings is 1. The zero-order valence-electron chi connectivity index (χ0n) is 16.2. The van der Waals surface area contributed by atoms with Crippen molar-refractivity contribution in [2.24, 2.45) is 7.05 Å². The first kappa shape index (κ1) is 18.7. The van der Waals surface area contributed by atoms with Gasteiger partial charge in [0.2, 0.25) is 0 Å². The van der Waals surface area contributed by atoms with Gasteiger partial charge in [-0.15, -0.1) is 0 Å². The van der Waals surface area contributed by atoms with E-state index in [1.807, 2.05) is 42.6 Å². The van der Waals surface area contributed by atoms with Crippen molar-refractivity contribution in [2.75, 3.05) is 6.26 Å². The molecule has 1 aromatic heterocycles. The Labute approximate surface area is 164 Å². The molecule has 6 heteroatoms. The summed E-state index contributed by atoms with van der Waals surface area (Å²) in [6.07, 6.45) is 4.78. The van der Waals surface area contributed by atoms with E-state index in [9.17, 15) is 13.2 Å². The van der Waals surface area contributed by atoms with Gasteiger partial charge in [0.05, 0.1) is 5.75 Å². The number of aryl methyl sites for hydroxylation is 1. The van der Waals surface area contributed by atoms with Crippen LogP contribution in [0.15, 0.2) is 47.4 Å². The van der Waals surface area contributed by atoms with Crippen molar-refractivity contribution < 1.29 is 13.2 Å². The van der Waals surface area contributed by atoms with Gasteiger partial charge in [-0.3, -0.25) is 4.79 Å². The second kappa shape index (κ2) is 6.78. The summed E-state index contributed by atoms with van der Waals surface area (Å²) in [5.74, 6) is 0.779. The average molecular weight is 397 g/mol. The van der Waals surface area contributed by atoms with Crippen LogP contribution < -0.4 is 10.3 Å². The van der Waals surface area contributed by atoms with Crippen LogP contribution in [0.1, 0.15) is 24.5 Å². The van der Waals surface area contributed by atoms with Crippen molar-refractivity contribution in [2.45, 2.75) is 31.6 Å². The summed E-state index contributed by atoms with van der Waals surface area (Å²) >= 11 is 0. The molecule has 1 unspecified atom stereocenters. The van der Waals surface area contributed by atoms with Gasteiger partial charge in [-0.25, -0.2) is 8.42 Å². The summed E-state index contributed by atoms with van der Waals surface area (Å²) in [5.41, 5.74) is 3.44.